The van der Waals surface area contributed by atoms with Crippen molar-refractivity contribution in [3.8, 4) is 5.75 Å². The van der Waals surface area contributed by atoms with E-state index in [-0.39, 0.29) is 22.8 Å². The van der Waals surface area contributed by atoms with E-state index in [0.717, 1.165) is 37.8 Å². The maximum Gasteiger partial charge on any atom is 0.405 e. The van der Waals surface area contributed by atoms with Gasteiger partial charge in [0.15, 0.2) is 0 Å². The number of amides is 2. The topological polar surface area (TPSA) is 128 Å². The monoisotopic (exact) mass is 641 g/mol. The largest absolute Gasteiger partial charge is 0.490 e. The first-order chi connectivity index (χ1) is 21.1. The molecule has 2 aliphatic carbocycles. The number of hydrogen-bond donors (Lipinski definition) is 2. The highest BCUT2D eigenvalue weighted by molar-refractivity contribution is 7.90. The Bertz CT molecular complexity index is 1580. The molecule has 0 radical (unpaired) electrons. The second kappa shape index (κ2) is 12.3. The third-order valence-corrected chi connectivity index (χ3v) is 12.2. The number of rotatable bonds is 2. The average Bonchev–Trinajstić information content (AvgIpc) is 3.11. The molecule has 6 rings (SSSR count). The maximum atomic E-state index is 13.4. The molecule has 2 aromatic carbocycles. The molecule has 3 N–H and O–H groups in total. The zero-order valence-electron chi connectivity index (χ0n) is 25.0. The number of benzene rings is 2. The van der Waals surface area contributed by atoms with Crippen LogP contribution in [0.3, 0.4) is 0 Å². The molecular weight excluding hydrogens is 602 g/mol. The van der Waals surface area contributed by atoms with Crippen molar-refractivity contribution in [1.82, 2.24) is 4.72 Å². The van der Waals surface area contributed by atoms with Crippen molar-refractivity contribution in [3.63, 3.8) is 0 Å². The van der Waals surface area contributed by atoms with Crippen LogP contribution in [-0.4, -0.2) is 51.5 Å². The van der Waals surface area contributed by atoms with Crippen molar-refractivity contribution in [1.29, 1.82) is 0 Å². The van der Waals surface area contributed by atoms with Gasteiger partial charge in [-0.3, -0.25) is 4.79 Å². The van der Waals surface area contributed by atoms with Crippen LogP contribution < -0.4 is 20.1 Å². The summed E-state index contributed by atoms with van der Waals surface area (Å²) < 4.78 is 41.0. The van der Waals surface area contributed by atoms with Gasteiger partial charge in [-0.15, -0.1) is 0 Å². The number of nitrogens with one attached hydrogen (secondary N) is 1. The highest BCUT2D eigenvalue weighted by atomic mass is 35.5. The van der Waals surface area contributed by atoms with E-state index in [1.54, 1.807) is 25.1 Å². The molecule has 2 heterocycles. The van der Waals surface area contributed by atoms with Crippen LogP contribution in [0.1, 0.15) is 73.4 Å². The molecule has 2 bridgehead atoms. The minimum absolute atomic E-state index is 0.0601. The second-order valence-electron chi connectivity index (χ2n) is 12.7. The smallest absolute Gasteiger partial charge is 0.405 e. The van der Waals surface area contributed by atoms with Crippen molar-refractivity contribution in [2.24, 2.45) is 17.6 Å². The SMILES string of the molecule is CC[C@@H]1CC/C=C\[C@H](OC(N)=O)[C@@H]2CC[C@H]2CN2C[C@@]3(CCCc4cc(Cl)ccc43)COc3ccc(cc32)C(=O)NS1(=O)=O. The molecule has 11 heteroatoms. The Morgan fingerprint density at radius 3 is 2.80 bits per heavy atom. The number of sulfonamides is 1. The standard InChI is InChI=1S/C33H40ClN3O6S/c1-2-25-7-3-4-8-29(43-32(35)39)26-12-9-23(26)18-37-19-33(15-5-6-21-16-24(34)11-13-27(21)33)20-42-30-14-10-22(17-28(30)37)31(38)36-44(25,40)41/h4,8,10-11,13-14,16-17,23,25-26,29H,2-3,5-7,9,12,15,18-20H2,1H3,(H2,35,39)(H,36,38)/b8-4-/t23-,25+,26+,29-,33-/m0/s1. The van der Waals surface area contributed by atoms with Crippen molar-refractivity contribution in [2.75, 3.05) is 24.6 Å². The van der Waals surface area contributed by atoms with Gasteiger partial charge in [-0.1, -0.05) is 30.7 Å². The minimum atomic E-state index is -3.94. The molecule has 2 amide bonds. The average molecular weight is 642 g/mol. The van der Waals surface area contributed by atoms with Gasteiger partial charge in [0.25, 0.3) is 5.91 Å². The van der Waals surface area contributed by atoms with Crippen LogP contribution in [0.25, 0.3) is 0 Å². The quantitative estimate of drug-likeness (QED) is 0.415. The highest BCUT2D eigenvalue weighted by Gasteiger charge is 2.45. The predicted octanol–water partition coefficient (Wildman–Crippen LogP) is 5.49. The fraction of sp³-hybridized carbons (Fsp3) is 0.515. The molecule has 0 unspecified atom stereocenters. The van der Waals surface area contributed by atoms with Crippen molar-refractivity contribution < 1.29 is 27.5 Å². The van der Waals surface area contributed by atoms with Gasteiger partial charge in [0.1, 0.15) is 11.9 Å². The number of carbonyl (C=O) groups is 2. The summed E-state index contributed by atoms with van der Waals surface area (Å²) in [6.45, 7) is 3.56. The van der Waals surface area contributed by atoms with Crippen molar-refractivity contribution in [2.45, 2.75) is 75.1 Å². The van der Waals surface area contributed by atoms with Crippen LogP contribution in [0, 0.1) is 11.8 Å². The van der Waals surface area contributed by atoms with E-state index in [4.69, 9.17) is 26.8 Å². The van der Waals surface area contributed by atoms with Crippen molar-refractivity contribution in [3.05, 3.63) is 70.3 Å². The molecule has 2 aromatic rings. The third-order valence-electron chi connectivity index (χ3n) is 10.0. The lowest BCUT2D eigenvalue weighted by Crippen LogP contribution is -2.50. The van der Waals surface area contributed by atoms with E-state index >= 15 is 0 Å². The van der Waals surface area contributed by atoms with Crippen LogP contribution in [0.4, 0.5) is 10.5 Å². The Kier molecular flexibility index (Phi) is 8.58. The molecule has 236 valence electrons. The number of nitrogens with two attached hydrogens (primary N) is 1. The highest BCUT2D eigenvalue weighted by Crippen LogP contribution is 2.47. The first-order valence-corrected chi connectivity index (χ1v) is 17.5. The molecule has 1 saturated carbocycles. The van der Waals surface area contributed by atoms with Gasteiger partial charge >= 0.3 is 6.09 Å². The van der Waals surface area contributed by atoms with Gasteiger partial charge in [0.2, 0.25) is 10.0 Å². The number of hydrogen-bond acceptors (Lipinski definition) is 7. The lowest BCUT2D eigenvalue weighted by Gasteiger charge is -2.45. The second-order valence-corrected chi connectivity index (χ2v) is 15.1. The van der Waals surface area contributed by atoms with Crippen LogP contribution in [0.15, 0.2) is 48.6 Å². The van der Waals surface area contributed by atoms with E-state index in [9.17, 15) is 18.0 Å². The Balaban J connectivity index is 1.43. The summed E-state index contributed by atoms with van der Waals surface area (Å²) in [4.78, 5) is 27.6. The van der Waals surface area contributed by atoms with Gasteiger partial charge in [0.05, 0.1) is 17.5 Å². The van der Waals surface area contributed by atoms with E-state index in [0.29, 0.717) is 49.7 Å². The Morgan fingerprint density at radius 1 is 1.20 bits per heavy atom. The number of allylic oxidation sites excluding steroid dienone is 1. The van der Waals surface area contributed by atoms with Crippen LogP contribution in [-0.2, 0) is 26.6 Å². The number of fused-ring (bicyclic) bond motifs is 4. The zero-order chi connectivity index (χ0) is 31.1. The number of halogens is 1. The van der Waals surface area contributed by atoms with Crippen LogP contribution >= 0.6 is 11.6 Å². The first-order valence-electron chi connectivity index (χ1n) is 15.6. The predicted molar refractivity (Wildman–Crippen MR) is 170 cm³/mol. The van der Waals surface area contributed by atoms with Gasteiger partial charge < -0.3 is 20.1 Å². The van der Waals surface area contributed by atoms with Gasteiger partial charge in [-0.25, -0.2) is 17.9 Å². The number of ether oxygens (including phenoxy) is 2. The minimum Gasteiger partial charge on any atom is -0.490 e. The summed E-state index contributed by atoms with van der Waals surface area (Å²) in [6, 6.07) is 11.3. The summed E-state index contributed by atoms with van der Waals surface area (Å²) in [6.07, 6.45) is 8.24. The zero-order valence-corrected chi connectivity index (χ0v) is 26.5. The van der Waals surface area contributed by atoms with Crippen molar-refractivity contribution >= 4 is 39.3 Å². The normalized spacial score (nSPS) is 30.4. The number of aryl methyl sites for hydroxylation is 1. The molecule has 1 spiro atoms. The number of carbonyl (C=O) groups excluding carboxylic acids is 2. The molecular formula is C33H40ClN3O6S. The molecule has 9 nitrogen and oxygen atoms in total. The summed E-state index contributed by atoms with van der Waals surface area (Å²) in [5.41, 5.74) is 8.65. The van der Waals surface area contributed by atoms with Gasteiger partial charge in [-0.05, 0) is 105 Å². The fourth-order valence-corrected chi connectivity index (χ4v) is 9.18. The van der Waals surface area contributed by atoms with Gasteiger partial charge in [0, 0.05) is 35.0 Å². The number of nitrogens with zero attached hydrogens (tertiary/aromatic N) is 1. The van der Waals surface area contributed by atoms with E-state index < -0.39 is 33.4 Å². The number of anilines is 1. The molecule has 4 aliphatic rings. The lowest BCUT2D eigenvalue weighted by molar-refractivity contribution is 0.0291. The Labute approximate surface area is 264 Å². The molecule has 0 saturated heterocycles. The Hall–Kier alpha value is -3.24. The summed E-state index contributed by atoms with van der Waals surface area (Å²) >= 11 is 6.39. The first kappa shape index (κ1) is 30.8. The van der Waals surface area contributed by atoms with E-state index in [2.05, 4.69) is 21.8 Å². The van der Waals surface area contributed by atoms with Gasteiger partial charge in [-0.2, -0.15) is 0 Å². The molecule has 2 aliphatic heterocycles. The van der Waals surface area contributed by atoms with E-state index in [1.165, 1.54) is 11.1 Å². The Morgan fingerprint density at radius 2 is 2.05 bits per heavy atom. The number of primary amides is 1. The van der Waals surface area contributed by atoms with E-state index in [1.807, 2.05) is 18.2 Å². The van der Waals surface area contributed by atoms with Crippen LogP contribution in [0.2, 0.25) is 5.02 Å². The lowest BCUT2D eigenvalue weighted by atomic mass is 9.68. The summed E-state index contributed by atoms with van der Waals surface area (Å²) in [7, 11) is -3.94. The van der Waals surface area contributed by atoms with Crippen LogP contribution in [0.5, 0.6) is 5.75 Å². The third kappa shape index (κ3) is 6.03. The fourth-order valence-electron chi connectivity index (χ4n) is 7.56. The molecule has 0 aromatic heterocycles. The molecule has 1 fully saturated rings. The molecule has 5 atom stereocenters. The summed E-state index contributed by atoms with van der Waals surface area (Å²) in [5.74, 6) is 0.261. The molecule has 44 heavy (non-hydrogen) atoms. The maximum absolute atomic E-state index is 13.4. The summed E-state index contributed by atoms with van der Waals surface area (Å²) in [5, 5.41) is -0.0400.